The minimum Gasteiger partial charge on any atom is -0.383 e. The highest BCUT2D eigenvalue weighted by molar-refractivity contribution is 6.04. The highest BCUT2D eigenvalue weighted by Crippen LogP contribution is 2.40. The number of hydrogen-bond acceptors (Lipinski definition) is 8. The molecule has 2 amide bonds. The number of likely N-dealkylation sites (tertiary alicyclic amines) is 1. The number of anilines is 3. The normalized spacial score (nSPS) is 18.7. The minimum absolute atomic E-state index is 0.0924. The fraction of sp³-hybridized carbons (Fsp3) is 0.344. The zero-order valence-corrected chi connectivity index (χ0v) is 25.0. The molecule has 45 heavy (non-hydrogen) atoms. The summed E-state index contributed by atoms with van der Waals surface area (Å²) >= 11 is 0. The Labute approximate surface area is 258 Å². The minimum atomic E-state index is -4.49. The molecule has 13 heteroatoms. The third-order valence-corrected chi connectivity index (χ3v) is 7.63. The van der Waals surface area contributed by atoms with Gasteiger partial charge in [0.1, 0.15) is 23.8 Å². The van der Waals surface area contributed by atoms with Gasteiger partial charge >= 0.3 is 6.18 Å². The lowest BCUT2D eigenvalue weighted by Crippen LogP contribution is -2.53. The third-order valence-electron chi connectivity index (χ3n) is 7.63. The van der Waals surface area contributed by atoms with Gasteiger partial charge in [-0.15, -0.1) is 0 Å². The Hall–Kier alpha value is -4.96. The van der Waals surface area contributed by atoms with Crippen molar-refractivity contribution in [1.82, 2.24) is 20.3 Å². The number of fused-ring (bicyclic) bond motifs is 1. The number of alkyl halides is 3. The van der Waals surface area contributed by atoms with Crippen LogP contribution in [-0.4, -0.2) is 45.8 Å². The van der Waals surface area contributed by atoms with Gasteiger partial charge in [-0.25, -0.2) is 15.4 Å². The molecule has 2 aliphatic heterocycles. The maximum absolute atomic E-state index is 13.3. The summed E-state index contributed by atoms with van der Waals surface area (Å²) in [4.78, 5) is 36.3. The molecule has 0 saturated carbocycles. The lowest BCUT2D eigenvalue weighted by molar-refractivity contribution is -0.137. The monoisotopic (exact) mass is 618 g/mol. The van der Waals surface area contributed by atoms with Crippen LogP contribution in [0.3, 0.4) is 0 Å². The van der Waals surface area contributed by atoms with Crippen molar-refractivity contribution >= 4 is 29.1 Å². The number of allylic oxidation sites excluding steroid dienone is 1. The summed E-state index contributed by atoms with van der Waals surface area (Å²) in [5.74, 6) is 0.0442. The number of nitriles is 1. The molecule has 1 aromatic heterocycles. The van der Waals surface area contributed by atoms with Gasteiger partial charge in [-0.05, 0) is 60.2 Å². The van der Waals surface area contributed by atoms with Gasteiger partial charge in [0.2, 0.25) is 0 Å². The number of aromatic nitrogens is 2. The predicted octanol–water partition coefficient (Wildman–Crippen LogP) is 5.23. The van der Waals surface area contributed by atoms with Crippen molar-refractivity contribution < 1.29 is 22.8 Å². The summed E-state index contributed by atoms with van der Waals surface area (Å²) in [6.07, 6.45) is 0.0991. The second kappa shape index (κ2) is 12.2. The maximum atomic E-state index is 13.3. The highest BCUT2D eigenvalue weighted by Gasteiger charge is 2.39. The van der Waals surface area contributed by atoms with E-state index in [0.29, 0.717) is 36.0 Å². The first-order valence-electron chi connectivity index (χ1n) is 14.4. The van der Waals surface area contributed by atoms with Gasteiger partial charge in [-0.2, -0.15) is 18.4 Å². The molecule has 234 valence electrons. The van der Waals surface area contributed by atoms with Crippen LogP contribution in [0.1, 0.15) is 66.7 Å². The Morgan fingerprint density at radius 1 is 1.09 bits per heavy atom. The van der Waals surface area contributed by atoms with Crippen LogP contribution >= 0.6 is 0 Å². The number of piperidine rings is 1. The molecule has 0 radical (unpaired) electrons. The number of carbonyl (C=O) groups is 2. The number of amides is 2. The van der Waals surface area contributed by atoms with Crippen LogP contribution in [-0.2, 0) is 11.0 Å². The maximum Gasteiger partial charge on any atom is 0.416 e. The van der Waals surface area contributed by atoms with E-state index in [-0.39, 0.29) is 28.5 Å². The van der Waals surface area contributed by atoms with E-state index < -0.39 is 23.7 Å². The Bertz CT molecular complexity index is 1660. The average molecular weight is 619 g/mol. The second-order valence-electron chi connectivity index (χ2n) is 12.2. The Balaban J connectivity index is 1.32. The van der Waals surface area contributed by atoms with Crippen molar-refractivity contribution in [3.63, 3.8) is 0 Å². The molecule has 2 atom stereocenters. The molecular weight excluding hydrogens is 585 g/mol. The first-order chi connectivity index (χ1) is 21.2. The molecule has 0 bridgehead atoms. The number of hydrogen-bond donors (Lipinski definition) is 3. The predicted molar refractivity (Wildman–Crippen MR) is 162 cm³/mol. The number of nitrogens with one attached hydrogen (secondary N) is 2. The van der Waals surface area contributed by atoms with Crippen LogP contribution in [0.5, 0.6) is 0 Å². The van der Waals surface area contributed by atoms with Gasteiger partial charge in [-0.1, -0.05) is 39.0 Å². The van der Waals surface area contributed by atoms with E-state index in [1.54, 1.807) is 35.2 Å². The smallest absolute Gasteiger partial charge is 0.383 e. The quantitative estimate of drug-likeness (QED) is 0.261. The molecule has 4 N–H and O–H groups in total. The van der Waals surface area contributed by atoms with Crippen molar-refractivity contribution in [3.8, 4) is 6.07 Å². The molecule has 0 aliphatic carbocycles. The van der Waals surface area contributed by atoms with Crippen molar-refractivity contribution in [2.75, 3.05) is 29.1 Å². The Morgan fingerprint density at radius 2 is 1.78 bits per heavy atom. The van der Waals surface area contributed by atoms with Crippen molar-refractivity contribution in [3.05, 3.63) is 88.8 Å². The summed E-state index contributed by atoms with van der Waals surface area (Å²) in [6.45, 7) is 6.72. The molecule has 5 rings (SSSR count). The van der Waals surface area contributed by atoms with Crippen LogP contribution in [0.15, 0.2) is 66.5 Å². The fourth-order valence-electron chi connectivity index (χ4n) is 5.52. The van der Waals surface area contributed by atoms with Crippen molar-refractivity contribution in [1.29, 1.82) is 5.26 Å². The summed E-state index contributed by atoms with van der Waals surface area (Å²) in [5, 5.41) is 14.3. The van der Waals surface area contributed by atoms with Crippen molar-refractivity contribution in [2.24, 2.45) is 5.41 Å². The number of rotatable bonds is 5. The van der Waals surface area contributed by atoms with Crippen LogP contribution in [0.4, 0.5) is 30.5 Å². The highest BCUT2D eigenvalue weighted by atomic mass is 19.4. The zero-order valence-electron chi connectivity index (χ0n) is 25.0. The average Bonchev–Trinajstić information content (AvgIpc) is 3.40. The van der Waals surface area contributed by atoms with Crippen LogP contribution in [0.2, 0.25) is 0 Å². The molecule has 3 heterocycles. The second-order valence-corrected chi connectivity index (χ2v) is 12.2. The first-order valence-corrected chi connectivity index (χ1v) is 14.4. The van der Waals surface area contributed by atoms with Crippen LogP contribution in [0.25, 0.3) is 0 Å². The van der Waals surface area contributed by atoms with Crippen molar-refractivity contribution in [2.45, 2.75) is 51.9 Å². The molecule has 2 aromatic carbocycles. The van der Waals surface area contributed by atoms with Gasteiger partial charge in [0.25, 0.3) is 11.8 Å². The zero-order chi connectivity index (χ0) is 32.5. The molecular formula is C32H33F3N8O2. The molecule has 0 spiro atoms. The first kappa shape index (κ1) is 31.5. The summed E-state index contributed by atoms with van der Waals surface area (Å²) in [6, 6.07) is 12.4. The molecule has 1 unspecified atom stereocenters. The van der Waals surface area contributed by atoms with E-state index in [1.807, 2.05) is 25.8 Å². The topological polar surface area (TPSA) is 140 Å². The van der Waals surface area contributed by atoms with E-state index in [4.69, 9.17) is 5.73 Å². The summed E-state index contributed by atoms with van der Waals surface area (Å²) in [5.41, 5.74) is 10.8. The van der Waals surface area contributed by atoms with E-state index in [0.717, 1.165) is 42.7 Å². The molecule has 10 nitrogen and oxygen atoms in total. The van der Waals surface area contributed by atoms with Gasteiger partial charge in [0.15, 0.2) is 5.82 Å². The van der Waals surface area contributed by atoms with Gasteiger partial charge in [0.05, 0.1) is 23.2 Å². The number of halogens is 3. The Kier molecular flexibility index (Phi) is 8.53. The number of nitrogens with zero attached hydrogens (tertiary/aromatic N) is 5. The van der Waals surface area contributed by atoms with E-state index >= 15 is 0 Å². The lowest BCUT2D eigenvalue weighted by Gasteiger charge is -2.38. The molecule has 1 saturated heterocycles. The van der Waals surface area contributed by atoms with E-state index in [9.17, 15) is 28.0 Å². The molecule has 2 aliphatic rings. The van der Waals surface area contributed by atoms with Gasteiger partial charge in [-0.3, -0.25) is 14.6 Å². The van der Waals surface area contributed by atoms with E-state index in [2.05, 4.69) is 26.8 Å². The van der Waals surface area contributed by atoms with Crippen LogP contribution in [0, 0.1) is 16.7 Å². The lowest BCUT2D eigenvalue weighted by atomic mass is 9.93. The van der Waals surface area contributed by atoms with Gasteiger partial charge < -0.3 is 16.0 Å². The Morgan fingerprint density at radius 3 is 2.40 bits per heavy atom. The number of carbonyl (C=O) groups excluding carboxylic acids is 2. The fourth-order valence-corrected chi connectivity index (χ4v) is 5.52. The summed E-state index contributed by atoms with van der Waals surface area (Å²) < 4.78 is 38.6. The number of nitrogens with two attached hydrogens (primary N) is 1. The molecule has 1 fully saturated rings. The van der Waals surface area contributed by atoms with Gasteiger partial charge in [0, 0.05) is 24.3 Å². The standard InChI is InChI=1S/C32H33F3N8O2/c1-31(2,3)15-21(16-36)30(45)42-14-4-5-24(17-42)43-28-25(27(37)38-18-39-28)26(41-43)19-8-12-23(13-9-19)40-29(44)20-6-10-22(11-7-20)32(33,34)35/h6-13,15,18,24,26,41H,4-5,14,17H2,1-3H3,(H,40,44)(H2,37,38,39)/b21-15+/t24-,26?/m1/s1. The number of benzene rings is 2. The number of nitrogen functional groups attached to an aromatic ring is 1. The number of hydrazine groups is 1. The van der Waals surface area contributed by atoms with Crippen LogP contribution < -0.4 is 21.5 Å². The SMILES string of the molecule is CC(C)(C)/C=C(\C#N)C(=O)N1CCC[C@@H](N2NC(c3ccc(NC(=O)c4ccc(C(F)(F)F)cc4)cc3)c3c(N)ncnc32)C1. The molecule has 3 aromatic rings. The third kappa shape index (κ3) is 6.91. The van der Waals surface area contributed by atoms with E-state index in [1.165, 1.54) is 6.33 Å². The summed E-state index contributed by atoms with van der Waals surface area (Å²) in [7, 11) is 0. The largest absolute Gasteiger partial charge is 0.416 e.